The molecule has 0 saturated heterocycles. The first kappa shape index (κ1) is 23.4. The van der Waals surface area contributed by atoms with E-state index in [0.29, 0.717) is 19.5 Å². The van der Waals surface area contributed by atoms with E-state index in [1.807, 2.05) is 31.2 Å². The minimum atomic E-state index is -3.65. The number of hydrogen-bond donors (Lipinski definition) is 2. The summed E-state index contributed by atoms with van der Waals surface area (Å²) in [7, 11) is -0.808. The average molecular weight is 458 g/mol. The Bertz CT molecular complexity index is 1230. The van der Waals surface area contributed by atoms with Crippen molar-refractivity contribution < 1.29 is 18.0 Å². The molecule has 0 aliphatic heterocycles. The van der Waals surface area contributed by atoms with Crippen molar-refractivity contribution in [2.45, 2.75) is 24.8 Å². The van der Waals surface area contributed by atoms with Gasteiger partial charge in [-0.15, -0.1) is 0 Å². The van der Waals surface area contributed by atoms with Crippen molar-refractivity contribution in [3.05, 3.63) is 59.9 Å². The van der Waals surface area contributed by atoms with Crippen molar-refractivity contribution in [2.24, 2.45) is 0 Å². The standard InChI is InChI=1S/C22H27N5O4S/c1-16-25-19-10-4-5-11-20(19)27(16)13-7-12-23-21(28)15-24-22(29)17-8-6-9-18(14-17)32(30,31)26(2)3/h4-6,8-11,14H,7,12-13,15H2,1-3H3,(H,23,28)(H,24,29). The first-order chi connectivity index (χ1) is 15.2. The SMILES string of the molecule is Cc1nc2ccccc2n1CCCNC(=O)CNC(=O)c1cccc(S(=O)(=O)N(C)C)c1. The Balaban J connectivity index is 1.47. The summed E-state index contributed by atoms with van der Waals surface area (Å²) < 4.78 is 27.6. The highest BCUT2D eigenvalue weighted by Crippen LogP contribution is 2.16. The fourth-order valence-corrected chi connectivity index (χ4v) is 4.22. The molecule has 1 aromatic heterocycles. The maximum atomic E-state index is 12.3. The van der Waals surface area contributed by atoms with Gasteiger partial charge in [0.2, 0.25) is 15.9 Å². The van der Waals surface area contributed by atoms with E-state index in [0.717, 1.165) is 21.2 Å². The van der Waals surface area contributed by atoms with Gasteiger partial charge in [0.15, 0.2) is 0 Å². The van der Waals surface area contributed by atoms with Gasteiger partial charge < -0.3 is 15.2 Å². The van der Waals surface area contributed by atoms with Gasteiger partial charge >= 0.3 is 0 Å². The highest BCUT2D eigenvalue weighted by molar-refractivity contribution is 7.89. The van der Waals surface area contributed by atoms with Crippen molar-refractivity contribution in [1.82, 2.24) is 24.5 Å². The third-order valence-corrected chi connectivity index (χ3v) is 6.82. The zero-order chi connectivity index (χ0) is 23.3. The number of carbonyl (C=O) groups is 2. The highest BCUT2D eigenvalue weighted by atomic mass is 32.2. The second kappa shape index (κ2) is 9.92. The predicted octanol–water partition coefficient (Wildman–Crippen LogP) is 1.53. The van der Waals surface area contributed by atoms with E-state index in [-0.39, 0.29) is 22.9 Å². The molecule has 3 rings (SSSR count). The van der Waals surface area contributed by atoms with Gasteiger partial charge in [-0.1, -0.05) is 18.2 Å². The lowest BCUT2D eigenvalue weighted by atomic mass is 10.2. The Morgan fingerprint density at radius 1 is 1.06 bits per heavy atom. The number of hydrogen-bond acceptors (Lipinski definition) is 5. The largest absolute Gasteiger partial charge is 0.355 e. The lowest BCUT2D eigenvalue weighted by Gasteiger charge is -2.12. The Labute approximate surface area is 187 Å². The van der Waals surface area contributed by atoms with E-state index >= 15 is 0 Å². The number of aromatic nitrogens is 2. The van der Waals surface area contributed by atoms with Gasteiger partial charge in [0.05, 0.1) is 22.5 Å². The van der Waals surface area contributed by atoms with Crippen LogP contribution in [0.1, 0.15) is 22.6 Å². The number of benzene rings is 2. The van der Waals surface area contributed by atoms with Crippen LogP contribution < -0.4 is 10.6 Å². The second-order valence-corrected chi connectivity index (χ2v) is 9.65. The molecule has 0 fully saturated rings. The Kier molecular flexibility index (Phi) is 7.26. The minimum Gasteiger partial charge on any atom is -0.355 e. The lowest BCUT2D eigenvalue weighted by Crippen LogP contribution is -2.37. The smallest absolute Gasteiger partial charge is 0.251 e. The Hall–Kier alpha value is -3.24. The monoisotopic (exact) mass is 457 g/mol. The molecule has 0 aliphatic carbocycles. The summed E-state index contributed by atoms with van der Waals surface area (Å²) >= 11 is 0. The number of fused-ring (bicyclic) bond motifs is 1. The summed E-state index contributed by atoms with van der Waals surface area (Å²) in [6, 6.07) is 13.6. The summed E-state index contributed by atoms with van der Waals surface area (Å²) in [5.74, 6) is 0.0856. The fraction of sp³-hybridized carbons (Fsp3) is 0.318. The predicted molar refractivity (Wildman–Crippen MR) is 122 cm³/mol. The number of nitrogens with zero attached hydrogens (tertiary/aromatic N) is 3. The number of rotatable bonds is 9. The normalized spacial score (nSPS) is 11.6. The zero-order valence-corrected chi connectivity index (χ0v) is 19.1. The van der Waals surface area contributed by atoms with Crippen LogP contribution in [0.25, 0.3) is 11.0 Å². The molecule has 0 aliphatic rings. The number of aryl methyl sites for hydroxylation is 2. The molecule has 0 atom stereocenters. The van der Waals surface area contributed by atoms with Gasteiger partial charge in [0, 0.05) is 32.7 Å². The molecule has 2 aromatic carbocycles. The average Bonchev–Trinajstić information content (AvgIpc) is 3.10. The third kappa shape index (κ3) is 5.32. The van der Waals surface area contributed by atoms with Gasteiger partial charge in [-0.3, -0.25) is 9.59 Å². The summed E-state index contributed by atoms with van der Waals surface area (Å²) in [6.45, 7) is 2.92. The number of nitrogens with one attached hydrogen (secondary N) is 2. The van der Waals surface area contributed by atoms with Gasteiger partial charge in [-0.2, -0.15) is 0 Å². The summed E-state index contributed by atoms with van der Waals surface area (Å²) in [5, 5.41) is 5.30. The van der Waals surface area contributed by atoms with Crippen molar-refractivity contribution in [3.8, 4) is 0 Å². The molecule has 170 valence electrons. The number of para-hydroxylation sites is 2. The topological polar surface area (TPSA) is 113 Å². The molecule has 0 unspecified atom stereocenters. The molecule has 0 bridgehead atoms. The van der Waals surface area contributed by atoms with E-state index in [1.54, 1.807) is 0 Å². The maximum Gasteiger partial charge on any atom is 0.251 e. The van der Waals surface area contributed by atoms with Gasteiger partial charge in [-0.05, 0) is 43.7 Å². The van der Waals surface area contributed by atoms with Gasteiger partial charge in [0.1, 0.15) is 5.82 Å². The van der Waals surface area contributed by atoms with E-state index in [9.17, 15) is 18.0 Å². The molecular formula is C22H27N5O4S. The van der Waals surface area contributed by atoms with Gasteiger partial charge in [-0.25, -0.2) is 17.7 Å². The third-order valence-electron chi connectivity index (χ3n) is 5.01. The molecule has 2 N–H and O–H groups in total. The van der Waals surface area contributed by atoms with Crippen LogP contribution in [0.4, 0.5) is 0 Å². The molecule has 1 heterocycles. The molecular weight excluding hydrogens is 430 g/mol. The van der Waals surface area contributed by atoms with Crippen LogP contribution in [0.2, 0.25) is 0 Å². The van der Waals surface area contributed by atoms with Crippen molar-refractivity contribution in [2.75, 3.05) is 27.2 Å². The van der Waals surface area contributed by atoms with Crippen molar-refractivity contribution in [3.63, 3.8) is 0 Å². The summed E-state index contributed by atoms with van der Waals surface area (Å²) in [5.41, 5.74) is 2.17. The van der Waals surface area contributed by atoms with Crippen LogP contribution in [0.3, 0.4) is 0 Å². The lowest BCUT2D eigenvalue weighted by molar-refractivity contribution is -0.120. The quantitative estimate of drug-likeness (QED) is 0.473. The fourth-order valence-electron chi connectivity index (χ4n) is 3.28. The molecule has 2 amide bonds. The molecule has 9 nitrogen and oxygen atoms in total. The van der Waals surface area contributed by atoms with Crippen molar-refractivity contribution in [1.29, 1.82) is 0 Å². The molecule has 0 radical (unpaired) electrons. The number of imidazole rings is 1. The van der Waals surface area contributed by atoms with E-state index in [2.05, 4.69) is 20.2 Å². The number of carbonyl (C=O) groups excluding carboxylic acids is 2. The first-order valence-corrected chi connectivity index (χ1v) is 11.6. The Morgan fingerprint density at radius 3 is 2.56 bits per heavy atom. The molecule has 0 spiro atoms. The number of amides is 2. The van der Waals surface area contributed by atoms with E-state index < -0.39 is 15.9 Å². The summed E-state index contributed by atoms with van der Waals surface area (Å²) in [6.07, 6.45) is 0.714. The number of sulfonamides is 1. The van der Waals surface area contributed by atoms with Crippen LogP contribution in [-0.2, 0) is 21.4 Å². The molecule has 32 heavy (non-hydrogen) atoms. The minimum absolute atomic E-state index is 0.0157. The van der Waals surface area contributed by atoms with Gasteiger partial charge in [0.25, 0.3) is 5.91 Å². The maximum absolute atomic E-state index is 12.3. The first-order valence-electron chi connectivity index (χ1n) is 10.2. The molecule has 10 heteroatoms. The highest BCUT2D eigenvalue weighted by Gasteiger charge is 2.19. The van der Waals surface area contributed by atoms with Crippen LogP contribution >= 0.6 is 0 Å². The van der Waals surface area contributed by atoms with Crippen LogP contribution in [0.5, 0.6) is 0 Å². The zero-order valence-electron chi connectivity index (χ0n) is 18.3. The summed E-state index contributed by atoms with van der Waals surface area (Å²) in [4.78, 5) is 29.0. The molecule has 3 aromatic rings. The van der Waals surface area contributed by atoms with E-state index in [1.165, 1.54) is 38.4 Å². The van der Waals surface area contributed by atoms with Crippen molar-refractivity contribution >= 4 is 32.9 Å². The Morgan fingerprint density at radius 2 is 1.81 bits per heavy atom. The second-order valence-electron chi connectivity index (χ2n) is 7.50. The molecule has 0 saturated carbocycles. The van der Waals surface area contributed by atoms with Crippen LogP contribution in [0, 0.1) is 6.92 Å². The van der Waals surface area contributed by atoms with Crippen LogP contribution in [-0.4, -0.2) is 61.3 Å². The van der Waals surface area contributed by atoms with E-state index in [4.69, 9.17) is 0 Å². The van der Waals surface area contributed by atoms with Crippen LogP contribution in [0.15, 0.2) is 53.4 Å².